The van der Waals surface area contributed by atoms with E-state index in [0.29, 0.717) is 6.42 Å². The maximum Gasteiger partial charge on any atom is 0.305 e. The molecule has 0 aromatic carbocycles. The molecular weight excluding hydrogens is 264 g/mol. The van der Waals surface area contributed by atoms with Crippen LogP contribution in [0.2, 0.25) is 0 Å². The normalized spacial score (nSPS) is 26.0. The van der Waals surface area contributed by atoms with Crippen LogP contribution in [0.4, 0.5) is 0 Å². The van der Waals surface area contributed by atoms with Gasteiger partial charge in [-0.15, -0.1) is 0 Å². The third-order valence-electron chi connectivity index (χ3n) is 3.89. The smallest absolute Gasteiger partial charge is 0.305 e. The van der Waals surface area contributed by atoms with Crippen molar-refractivity contribution in [3.8, 4) is 0 Å². The van der Waals surface area contributed by atoms with Gasteiger partial charge in [-0.3, -0.25) is 9.59 Å². The van der Waals surface area contributed by atoms with Gasteiger partial charge in [0, 0.05) is 30.5 Å². The highest BCUT2D eigenvalue weighted by Crippen LogP contribution is 2.32. The van der Waals surface area contributed by atoms with E-state index in [-0.39, 0.29) is 18.4 Å². The first-order valence-electron chi connectivity index (χ1n) is 6.94. The van der Waals surface area contributed by atoms with Crippen LogP contribution in [-0.2, 0) is 9.59 Å². The van der Waals surface area contributed by atoms with E-state index in [1.807, 2.05) is 11.8 Å². The summed E-state index contributed by atoms with van der Waals surface area (Å²) in [5.74, 6) is 1.22. The molecule has 108 valence electrons. The van der Waals surface area contributed by atoms with Crippen LogP contribution < -0.4 is 10.6 Å². The summed E-state index contributed by atoms with van der Waals surface area (Å²) < 4.78 is 0. The SMILES string of the molecule is O=C(O)CC1(NC(=O)CC2CSCCN2)CCCC1. The Morgan fingerprint density at radius 1 is 1.37 bits per heavy atom. The number of hydrogen-bond donors (Lipinski definition) is 3. The molecule has 2 rings (SSSR count). The van der Waals surface area contributed by atoms with E-state index < -0.39 is 11.5 Å². The summed E-state index contributed by atoms with van der Waals surface area (Å²) in [6, 6.07) is 0.224. The fraction of sp³-hybridized carbons (Fsp3) is 0.846. The highest BCUT2D eigenvalue weighted by atomic mass is 32.2. The zero-order valence-corrected chi connectivity index (χ0v) is 11.9. The second-order valence-corrected chi connectivity index (χ2v) is 6.69. The van der Waals surface area contributed by atoms with Crippen LogP contribution in [0, 0.1) is 0 Å². The van der Waals surface area contributed by atoms with Gasteiger partial charge >= 0.3 is 5.97 Å². The molecule has 1 aliphatic carbocycles. The number of hydrogen-bond acceptors (Lipinski definition) is 4. The Hall–Kier alpha value is -0.750. The van der Waals surface area contributed by atoms with Crippen molar-refractivity contribution in [2.45, 2.75) is 50.1 Å². The molecule has 2 fully saturated rings. The van der Waals surface area contributed by atoms with Crippen molar-refractivity contribution in [2.24, 2.45) is 0 Å². The Morgan fingerprint density at radius 2 is 2.11 bits per heavy atom. The molecule has 1 atom stereocenters. The molecule has 1 heterocycles. The molecule has 0 radical (unpaired) electrons. The minimum Gasteiger partial charge on any atom is -0.481 e. The van der Waals surface area contributed by atoms with Gasteiger partial charge in [0.25, 0.3) is 0 Å². The van der Waals surface area contributed by atoms with Gasteiger partial charge in [-0.1, -0.05) is 12.8 Å². The van der Waals surface area contributed by atoms with Gasteiger partial charge < -0.3 is 15.7 Å². The van der Waals surface area contributed by atoms with Crippen molar-refractivity contribution in [3.63, 3.8) is 0 Å². The summed E-state index contributed by atoms with van der Waals surface area (Å²) >= 11 is 1.86. The lowest BCUT2D eigenvalue weighted by atomic mass is 9.93. The van der Waals surface area contributed by atoms with Gasteiger partial charge in [0.1, 0.15) is 0 Å². The maximum absolute atomic E-state index is 12.1. The molecule has 1 saturated heterocycles. The van der Waals surface area contributed by atoms with E-state index in [0.717, 1.165) is 43.7 Å². The van der Waals surface area contributed by atoms with Gasteiger partial charge in [-0.25, -0.2) is 0 Å². The Kier molecular flexibility index (Phi) is 5.10. The molecule has 5 nitrogen and oxygen atoms in total. The standard InChI is InChI=1S/C13H22N2O3S/c16-11(7-10-9-19-6-5-14-10)15-13(8-12(17)18)3-1-2-4-13/h10,14H,1-9H2,(H,15,16)(H,17,18). The van der Waals surface area contributed by atoms with Crippen molar-refractivity contribution in [2.75, 3.05) is 18.1 Å². The quantitative estimate of drug-likeness (QED) is 0.702. The summed E-state index contributed by atoms with van der Waals surface area (Å²) in [4.78, 5) is 23.1. The lowest BCUT2D eigenvalue weighted by molar-refractivity contribution is -0.139. The van der Waals surface area contributed by atoms with Crippen LogP contribution in [0.5, 0.6) is 0 Å². The predicted molar refractivity (Wildman–Crippen MR) is 75.3 cm³/mol. The van der Waals surface area contributed by atoms with Gasteiger partial charge in [-0.05, 0) is 12.8 Å². The molecule has 0 bridgehead atoms. The minimum absolute atomic E-state index is 0.0110. The first-order chi connectivity index (χ1) is 9.10. The fourth-order valence-electron chi connectivity index (χ4n) is 3.01. The second kappa shape index (κ2) is 6.61. The summed E-state index contributed by atoms with van der Waals surface area (Å²) in [6.45, 7) is 0.947. The van der Waals surface area contributed by atoms with Crippen molar-refractivity contribution >= 4 is 23.6 Å². The van der Waals surface area contributed by atoms with Crippen molar-refractivity contribution in [3.05, 3.63) is 0 Å². The van der Waals surface area contributed by atoms with Crippen molar-refractivity contribution in [1.82, 2.24) is 10.6 Å². The molecule has 2 aliphatic rings. The number of carboxylic acids is 1. The number of thioether (sulfide) groups is 1. The number of aliphatic carboxylic acids is 1. The average molecular weight is 286 g/mol. The second-order valence-electron chi connectivity index (χ2n) is 5.54. The molecule has 0 aromatic heterocycles. The number of carbonyl (C=O) groups is 2. The number of rotatable bonds is 5. The van der Waals surface area contributed by atoms with E-state index in [2.05, 4.69) is 10.6 Å². The van der Waals surface area contributed by atoms with E-state index in [1.54, 1.807) is 0 Å². The van der Waals surface area contributed by atoms with Crippen LogP contribution in [0.15, 0.2) is 0 Å². The molecule has 1 unspecified atom stereocenters. The molecule has 6 heteroatoms. The van der Waals surface area contributed by atoms with Gasteiger partial charge in [0.2, 0.25) is 5.91 Å². The number of amides is 1. The molecule has 1 amide bonds. The summed E-state index contributed by atoms with van der Waals surface area (Å²) in [6.07, 6.45) is 4.09. The molecule has 3 N–H and O–H groups in total. The monoisotopic (exact) mass is 286 g/mol. The third kappa shape index (κ3) is 4.38. The molecule has 19 heavy (non-hydrogen) atoms. The molecule has 0 aromatic rings. The van der Waals surface area contributed by atoms with Gasteiger partial charge in [0.15, 0.2) is 0 Å². The molecular formula is C13H22N2O3S. The van der Waals surface area contributed by atoms with E-state index in [9.17, 15) is 9.59 Å². The number of nitrogens with one attached hydrogen (secondary N) is 2. The van der Waals surface area contributed by atoms with E-state index in [1.165, 1.54) is 0 Å². The maximum atomic E-state index is 12.1. The topological polar surface area (TPSA) is 78.4 Å². The molecule has 1 saturated carbocycles. The predicted octanol–water partition coefficient (Wildman–Crippen LogP) is 0.985. The van der Waals surface area contributed by atoms with Crippen LogP contribution in [-0.4, -0.2) is 46.6 Å². The largest absolute Gasteiger partial charge is 0.481 e. The molecule has 0 spiro atoms. The van der Waals surface area contributed by atoms with E-state index >= 15 is 0 Å². The fourth-order valence-corrected chi connectivity index (χ4v) is 3.96. The summed E-state index contributed by atoms with van der Waals surface area (Å²) in [5, 5.41) is 15.3. The van der Waals surface area contributed by atoms with Crippen LogP contribution in [0.1, 0.15) is 38.5 Å². The van der Waals surface area contributed by atoms with Crippen molar-refractivity contribution < 1.29 is 14.7 Å². The zero-order chi connectivity index (χ0) is 13.7. The zero-order valence-electron chi connectivity index (χ0n) is 11.1. The first kappa shape index (κ1) is 14.7. The Balaban J connectivity index is 1.86. The summed E-state index contributed by atoms with van der Waals surface area (Å²) in [7, 11) is 0. The minimum atomic E-state index is -0.825. The average Bonchev–Trinajstić information content (AvgIpc) is 2.77. The van der Waals surface area contributed by atoms with Crippen molar-refractivity contribution in [1.29, 1.82) is 0 Å². The first-order valence-corrected chi connectivity index (χ1v) is 8.09. The van der Waals surface area contributed by atoms with Gasteiger partial charge in [-0.2, -0.15) is 11.8 Å². The van der Waals surface area contributed by atoms with E-state index in [4.69, 9.17) is 5.11 Å². The third-order valence-corrected chi connectivity index (χ3v) is 5.02. The Morgan fingerprint density at radius 3 is 2.68 bits per heavy atom. The van der Waals surface area contributed by atoms with Crippen LogP contribution in [0.25, 0.3) is 0 Å². The van der Waals surface area contributed by atoms with Crippen LogP contribution >= 0.6 is 11.8 Å². The summed E-state index contributed by atoms with van der Waals surface area (Å²) in [5.41, 5.74) is -0.495. The number of carbonyl (C=O) groups excluding carboxylic acids is 1. The molecule has 1 aliphatic heterocycles. The lowest BCUT2D eigenvalue weighted by Gasteiger charge is -2.30. The Bertz CT molecular complexity index is 337. The van der Waals surface area contributed by atoms with Gasteiger partial charge in [0.05, 0.1) is 12.0 Å². The highest BCUT2D eigenvalue weighted by molar-refractivity contribution is 7.99. The van der Waals surface area contributed by atoms with Crippen LogP contribution in [0.3, 0.4) is 0 Å². The Labute approximate surface area is 117 Å². The number of carboxylic acid groups (broad SMARTS) is 1. The lowest BCUT2D eigenvalue weighted by Crippen LogP contribution is -2.50. The highest BCUT2D eigenvalue weighted by Gasteiger charge is 2.37.